The Morgan fingerprint density at radius 2 is 1.75 bits per heavy atom. The Kier molecular flexibility index (Phi) is 6.37. The Balaban J connectivity index is 1.47. The molecule has 1 fully saturated rings. The lowest BCUT2D eigenvalue weighted by atomic mass is 9.84. The summed E-state index contributed by atoms with van der Waals surface area (Å²) in [5, 5.41) is 14.6. The molecule has 28 heavy (non-hydrogen) atoms. The zero-order valence-corrected chi connectivity index (χ0v) is 15.7. The molecule has 0 atom stereocenters. The van der Waals surface area contributed by atoms with Gasteiger partial charge in [0.1, 0.15) is 5.75 Å². The Bertz CT molecular complexity index is 849. The number of rotatable bonds is 6. The molecule has 0 spiro atoms. The third-order valence-electron chi connectivity index (χ3n) is 4.94. The van der Waals surface area contributed by atoms with Gasteiger partial charge in [-0.3, -0.25) is 10.1 Å². The molecule has 0 N–H and O–H groups in total. The highest BCUT2D eigenvalue weighted by molar-refractivity contribution is 5.91. The molecule has 7 heteroatoms. The summed E-state index contributed by atoms with van der Waals surface area (Å²) in [6.45, 7) is 0. The highest BCUT2D eigenvalue weighted by atomic mass is 16.7. The first kappa shape index (κ1) is 19.5. The van der Waals surface area contributed by atoms with Crippen molar-refractivity contribution in [2.24, 2.45) is 11.1 Å². The number of nitro benzene ring substituents is 1. The number of oxime groups is 1. The average Bonchev–Trinajstić information content (AvgIpc) is 2.73. The maximum Gasteiger partial charge on any atom is 0.365 e. The van der Waals surface area contributed by atoms with Gasteiger partial charge >= 0.3 is 5.97 Å². The largest absolute Gasteiger partial charge is 0.497 e. The molecule has 3 rings (SSSR count). The molecule has 1 aliphatic carbocycles. The fourth-order valence-corrected chi connectivity index (χ4v) is 3.28. The number of ether oxygens (including phenoxy) is 1. The molecule has 0 amide bonds. The summed E-state index contributed by atoms with van der Waals surface area (Å²) in [4.78, 5) is 27.2. The molecule has 1 saturated carbocycles. The van der Waals surface area contributed by atoms with E-state index in [1.54, 1.807) is 7.11 Å². The van der Waals surface area contributed by atoms with E-state index < -0.39 is 10.9 Å². The summed E-state index contributed by atoms with van der Waals surface area (Å²) in [7, 11) is 1.66. The van der Waals surface area contributed by atoms with Crippen molar-refractivity contribution < 1.29 is 19.3 Å². The van der Waals surface area contributed by atoms with Crippen molar-refractivity contribution in [2.75, 3.05) is 7.11 Å². The van der Waals surface area contributed by atoms with E-state index in [4.69, 9.17) is 9.57 Å². The first-order valence-corrected chi connectivity index (χ1v) is 9.19. The van der Waals surface area contributed by atoms with E-state index in [1.165, 1.54) is 29.8 Å². The molecule has 0 aromatic heterocycles. The van der Waals surface area contributed by atoms with Crippen molar-refractivity contribution in [3.05, 3.63) is 69.8 Å². The molecule has 2 aromatic carbocycles. The number of benzene rings is 2. The second kappa shape index (κ2) is 9.12. The zero-order chi connectivity index (χ0) is 19.9. The fraction of sp³-hybridized carbons (Fsp3) is 0.333. The molecule has 0 aliphatic heterocycles. The van der Waals surface area contributed by atoms with Crippen LogP contribution in [0.25, 0.3) is 0 Å². The molecule has 0 heterocycles. The van der Waals surface area contributed by atoms with Gasteiger partial charge in [0.15, 0.2) is 0 Å². The molecule has 0 unspecified atom stereocenters. The maximum absolute atomic E-state index is 12.0. The topological polar surface area (TPSA) is 91.0 Å². The summed E-state index contributed by atoms with van der Waals surface area (Å²) < 4.78 is 5.18. The van der Waals surface area contributed by atoms with Crippen LogP contribution in [0.2, 0.25) is 0 Å². The second-order valence-corrected chi connectivity index (χ2v) is 6.84. The minimum Gasteiger partial charge on any atom is -0.497 e. The van der Waals surface area contributed by atoms with Gasteiger partial charge in [0.05, 0.1) is 23.3 Å². The van der Waals surface area contributed by atoms with Crippen LogP contribution in [0.1, 0.15) is 41.6 Å². The van der Waals surface area contributed by atoms with Crippen molar-refractivity contribution in [1.29, 1.82) is 0 Å². The standard InChI is InChI=1S/C21H22N2O5/c1-27-20-12-4-16(5-13-20)14-15-2-8-18(9-3-15)22-28-21(24)17-6-10-19(11-7-17)23(25)26/h4-7,10-13,15H,2-3,8-9,14H2,1H3. The van der Waals surface area contributed by atoms with E-state index in [0.717, 1.165) is 43.6 Å². The quantitative estimate of drug-likeness (QED) is 0.415. The number of carbonyl (C=O) groups excluding carboxylic acids is 1. The smallest absolute Gasteiger partial charge is 0.365 e. The molecule has 1 aliphatic rings. The maximum atomic E-state index is 12.0. The van der Waals surface area contributed by atoms with Gasteiger partial charge in [0.2, 0.25) is 0 Å². The highest BCUT2D eigenvalue weighted by Gasteiger charge is 2.19. The monoisotopic (exact) mass is 382 g/mol. The van der Waals surface area contributed by atoms with Crippen LogP contribution in [0.15, 0.2) is 53.7 Å². The summed E-state index contributed by atoms with van der Waals surface area (Å²) in [6.07, 6.45) is 4.61. The lowest BCUT2D eigenvalue weighted by Crippen LogP contribution is -2.17. The van der Waals surface area contributed by atoms with Crippen molar-refractivity contribution in [3.63, 3.8) is 0 Å². The van der Waals surface area contributed by atoms with Crippen LogP contribution < -0.4 is 4.74 Å². The molecular formula is C21H22N2O5. The van der Waals surface area contributed by atoms with E-state index in [2.05, 4.69) is 17.3 Å². The van der Waals surface area contributed by atoms with Crippen molar-refractivity contribution in [3.8, 4) is 5.75 Å². The number of hydrogen-bond acceptors (Lipinski definition) is 6. The second-order valence-electron chi connectivity index (χ2n) is 6.84. The Labute approximate surface area is 163 Å². The Morgan fingerprint density at radius 3 is 2.32 bits per heavy atom. The molecule has 146 valence electrons. The minimum absolute atomic E-state index is 0.0713. The summed E-state index contributed by atoms with van der Waals surface area (Å²) >= 11 is 0. The normalized spacial score (nSPS) is 16.3. The van der Waals surface area contributed by atoms with E-state index in [9.17, 15) is 14.9 Å². The molecule has 0 saturated heterocycles. The number of hydrogen-bond donors (Lipinski definition) is 0. The van der Waals surface area contributed by atoms with Crippen molar-refractivity contribution in [1.82, 2.24) is 0 Å². The van der Waals surface area contributed by atoms with Crippen LogP contribution in [-0.4, -0.2) is 23.7 Å². The fourth-order valence-electron chi connectivity index (χ4n) is 3.28. The predicted molar refractivity (Wildman–Crippen MR) is 105 cm³/mol. The van der Waals surface area contributed by atoms with E-state index in [-0.39, 0.29) is 11.3 Å². The van der Waals surface area contributed by atoms with E-state index in [1.807, 2.05) is 12.1 Å². The minimum atomic E-state index is -0.609. The van der Waals surface area contributed by atoms with Gasteiger partial charge in [-0.2, -0.15) is 0 Å². The van der Waals surface area contributed by atoms with Gasteiger partial charge in [-0.25, -0.2) is 4.79 Å². The third kappa shape index (κ3) is 5.16. The lowest BCUT2D eigenvalue weighted by molar-refractivity contribution is -0.384. The van der Waals surface area contributed by atoms with Crippen LogP contribution in [0.5, 0.6) is 5.75 Å². The van der Waals surface area contributed by atoms with Gasteiger partial charge in [-0.15, -0.1) is 0 Å². The number of methoxy groups -OCH3 is 1. The van der Waals surface area contributed by atoms with Gasteiger partial charge in [-0.1, -0.05) is 17.3 Å². The first-order chi connectivity index (χ1) is 13.5. The summed E-state index contributed by atoms with van der Waals surface area (Å²) in [5.74, 6) is 0.831. The number of non-ortho nitro benzene ring substituents is 1. The van der Waals surface area contributed by atoms with Gasteiger partial charge < -0.3 is 9.57 Å². The first-order valence-electron chi connectivity index (χ1n) is 9.19. The molecule has 7 nitrogen and oxygen atoms in total. The summed E-state index contributed by atoms with van der Waals surface area (Å²) in [6, 6.07) is 13.4. The lowest BCUT2D eigenvalue weighted by Gasteiger charge is -2.22. The highest BCUT2D eigenvalue weighted by Crippen LogP contribution is 2.27. The number of nitrogens with zero attached hydrogens (tertiary/aromatic N) is 2. The van der Waals surface area contributed by atoms with Crippen LogP contribution >= 0.6 is 0 Å². The van der Waals surface area contributed by atoms with Crippen molar-refractivity contribution in [2.45, 2.75) is 32.1 Å². The molecule has 0 bridgehead atoms. The van der Waals surface area contributed by atoms with Crippen LogP contribution in [0.3, 0.4) is 0 Å². The van der Waals surface area contributed by atoms with Crippen molar-refractivity contribution >= 4 is 17.4 Å². The van der Waals surface area contributed by atoms with Gasteiger partial charge in [0, 0.05) is 12.1 Å². The van der Waals surface area contributed by atoms with E-state index in [0.29, 0.717) is 5.92 Å². The summed E-state index contributed by atoms with van der Waals surface area (Å²) in [5.41, 5.74) is 2.33. The SMILES string of the molecule is COc1ccc(CC2CCC(=NOC(=O)c3ccc([N+](=O)[O-])cc3)CC2)cc1. The van der Waals surface area contributed by atoms with Gasteiger partial charge in [0.25, 0.3) is 5.69 Å². The Hall–Kier alpha value is -3.22. The average molecular weight is 382 g/mol. The molecular weight excluding hydrogens is 360 g/mol. The predicted octanol–water partition coefficient (Wildman–Crippen LogP) is 4.55. The van der Waals surface area contributed by atoms with Crippen LogP contribution in [0.4, 0.5) is 5.69 Å². The Morgan fingerprint density at radius 1 is 1.11 bits per heavy atom. The van der Waals surface area contributed by atoms with Crippen LogP contribution in [0, 0.1) is 16.0 Å². The number of carbonyl (C=O) groups is 1. The molecule has 2 aromatic rings. The van der Waals surface area contributed by atoms with Crippen LogP contribution in [-0.2, 0) is 11.3 Å². The molecule has 0 radical (unpaired) electrons. The van der Waals surface area contributed by atoms with E-state index >= 15 is 0 Å². The number of nitro groups is 1. The van der Waals surface area contributed by atoms with Gasteiger partial charge in [-0.05, 0) is 67.9 Å². The third-order valence-corrected chi connectivity index (χ3v) is 4.94. The zero-order valence-electron chi connectivity index (χ0n) is 15.7.